The number of phenols is 1. The number of aromatic hydroxyl groups is 1. The topological polar surface area (TPSA) is 94.5 Å². The summed E-state index contributed by atoms with van der Waals surface area (Å²) < 4.78 is 23.1. The van der Waals surface area contributed by atoms with Crippen molar-refractivity contribution in [3.8, 4) is 23.0 Å². The summed E-state index contributed by atoms with van der Waals surface area (Å²) >= 11 is 0. The van der Waals surface area contributed by atoms with Gasteiger partial charge in [-0.05, 0) is 59.7 Å². The van der Waals surface area contributed by atoms with Gasteiger partial charge in [0.15, 0.2) is 11.5 Å². The Kier molecular flexibility index (Phi) is 6.02. The normalized spacial score (nSPS) is 19.0. The van der Waals surface area contributed by atoms with Crippen LogP contribution in [0.3, 0.4) is 0 Å². The summed E-state index contributed by atoms with van der Waals surface area (Å²) in [6.45, 7) is 0.173. The van der Waals surface area contributed by atoms with Gasteiger partial charge in [-0.2, -0.15) is 0 Å². The first kappa shape index (κ1) is 22.1. The molecule has 1 aliphatic heterocycles. The molecule has 0 fully saturated rings. The monoisotopic (exact) mass is 462 g/mol. The minimum absolute atomic E-state index is 0.135. The van der Waals surface area contributed by atoms with Crippen molar-refractivity contribution in [2.45, 2.75) is 31.5 Å². The molecule has 5 rings (SSSR count). The quantitative estimate of drug-likeness (QED) is 0.496. The second kappa shape index (κ2) is 9.27. The molecule has 2 aliphatic rings. The second-order valence-electron chi connectivity index (χ2n) is 8.54. The summed E-state index contributed by atoms with van der Waals surface area (Å²) in [5.41, 5.74) is 3.74. The Balaban J connectivity index is 1.46. The predicted octanol–water partition coefficient (Wildman–Crippen LogP) is 4.82. The first-order valence-electron chi connectivity index (χ1n) is 11.2. The number of aliphatic carboxylic acids is 1. The van der Waals surface area contributed by atoms with Crippen LogP contribution >= 0.6 is 0 Å². The molecular formula is C27H26O7. The first-order valence-corrected chi connectivity index (χ1v) is 11.2. The van der Waals surface area contributed by atoms with E-state index in [9.17, 15) is 15.0 Å². The number of phenolic OH excluding ortho intramolecular Hbond substituents is 1. The lowest BCUT2D eigenvalue weighted by atomic mass is 9.98. The van der Waals surface area contributed by atoms with Crippen LogP contribution in [-0.4, -0.2) is 30.1 Å². The van der Waals surface area contributed by atoms with Crippen molar-refractivity contribution in [1.82, 2.24) is 0 Å². The molecule has 0 spiro atoms. The van der Waals surface area contributed by atoms with Crippen LogP contribution in [0.5, 0.6) is 23.0 Å². The van der Waals surface area contributed by atoms with Gasteiger partial charge in [0.2, 0.25) is 6.79 Å². The molecule has 3 aromatic carbocycles. The van der Waals surface area contributed by atoms with E-state index < -0.39 is 24.1 Å². The lowest BCUT2D eigenvalue weighted by molar-refractivity contribution is -0.149. The Morgan fingerprint density at radius 1 is 1.09 bits per heavy atom. The third kappa shape index (κ3) is 4.26. The van der Waals surface area contributed by atoms with Crippen LogP contribution < -0.4 is 14.2 Å². The van der Waals surface area contributed by atoms with Crippen molar-refractivity contribution in [2.24, 2.45) is 5.92 Å². The number of ether oxygens (including phenoxy) is 4. The second-order valence-corrected chi connectivity index (χ2v) is 8.54. The molecule has 0 bridgehead atoms. The van der Waals surface area contributed by atoms with Gasteiger partial charge in [-0.3, -0.25) is 4.79 Å². The van der Waals surface area contributed by atoms with Crippen molar-refractivity contribution in [2.75, 3.05) is 13.9 Å². The fraction of sp³-hybridized carbons (Fsp3) is 0.296. The van der Waals surface area contributed by atoms with E-state index in [-0.39, 0.29) is 12.5 Å². The molecule has 0 radical (unpaired) electrons. The number of aryl methyl sites for hydroxylation is 1. The average molecular weight is 462 g/mol. The summed E-state index contributed by atoms with van der Waals surface area (Å²) in [4.78, 5) is 12.1. The molecular weight excluding hydrogens is 436 g/mol. The van der Waals surface area contributed by atoms with Crippen LogP contribution in [-0.2, 0) is 22.4 Å². The number of rotatable bonds is 8. The number of fused-ring (bicyclic) bond motifs is 2. The standard InChI is InChI=1S/C27H26O7/c1-31-24-14-19(28)9-6-16(24)7-10-22(18-8-11-23-25(13-18)33-15-32-23)34-26-20-5-3-2-4-17(20)12-21(26)27(29)30/h2-6,8-9,11,13-14,21-22,26,28H,7,10,12,15H2,1H3,(H,29,30)/t21-,22?,26+/m0/s1. The van der Waals surface area contributed by atoms with Gasteiger partial charge in [0.25, 0.3) is 0 Å². The number of carboxylic acids is 1. The average Bonchev–Trinajstić information content (AvgIpc) is 3.46. The highest BCUT2D eigenvalue weighted by Crippen LogP contribution is 2.44. The number of hydrogen-bond acceptors (Lipinski definition) is 6. The van der Waals surface area contributed by atoms with E-state index in [2.05, 4.69) is 0 Å². The summed E-state index contributed by atoms with van der Waals surface area (Å²) in [5.74, 6) is 0.533. The minimum Gasteiger partial charge on any atom is -0.508 e. The smallest absolute Gasteiger partial charge is 0.309 e. The molecule has 34 heavy (non-hydrogen) atoms. The Morgan fingerprint density at radius 3 is 2.74 bits per heavy atom. The van der Waals surface area contributed by atoms with Crippen LogP contribution in [0.2, 0.25) is 0 Å². The zero-order valence-electron chi connectivity index (χ0n) is 18.8. The summed E-state index contributed by atoms with van der Waals surface area (Å²) in [5, 5.41) is 19.7. The molecule has 1 aliphatic carbocycles. The van der Waals surface area contributed by atoms with Crippen LogP contribution in [0.4, 0.5) is 0 Å². The highest BCUT2D eigenvalue weighted by Gasteiger charge is 2.39. The number of carbonyl (C=O) groups is 1. The number of hydrogen-bond donors (Lipinski definition) is 2. The Morgan fingerprint density at radius 2 is 1.91 bits per heavy atom. The van der Waals surface area contributed by atoms with E-state index in [1.807, 2.05) is 48.5 Å². The van der Waals surface area contributed by atoms with Gasteiger partial charge in [-0.25, -0.2) is 0 Å². The van der Waals surface area contributed by atoms with E-state index in [0.717, 1.165) is 22.3 Å². The number of methoxy groups -OCH3 is 1. The Bertz CT molecular complexity index is 1210. The van der Waals surface area contributed by atoms with Crippen LogP contribution in [0.1, 0.15) is 40.9 Å². The molecule has 1 heterocycles. The minimum atomic E-state index is -0.870. The summed E-state index contributed by atoms with van der Waals surface area (Å²) in [6, 6.07) is 18.5. The predicted molar refractivity (Wildman–Crippen MR) is 123 cm³/mol. The molecule has 0 saturated heterocycles. The molecule has 1 unspecified atom stereocenters. The van der Waals surface area contributed by atoms with Gasteiger partial charge in [0, 0.05) is 6.07 Å². The zero-order valence-corrected chi connectivity index (χ0v) is 18.8. The lowest BCUT2D eigenvalue weighted by Gasteiger charge is -2.26. The van der Waals surface area contributed by atoms with Gasteiger partial charge in [0.1, 0.15) is 11.5 Å². The van der Waals surface area contributed by atoms with Gasteiger partial charge in [0.05, 0.1) is 25.2 Å². The largest absolute Gasteiger partial charge is 0.508 e. The van der Waals surface area contributed by atoms with Gasteiger partial charge < -0.3 is 29.2 Å². The maximum Gasteiger partial charge on any atom is 0.309 e. The highest BCUT2D eigenvalue weighted by molar-refractivity contribution is 5.73. The van der Waals surface area contributed by atoms with E-state index in [1.165, 1.54) is 0 Å². The molecule has 0 amide bonds. The molecule has 7 heteroatoms. The molecule has 7 nitrogen and oxygen atoms in total. The third-order valence-corrected chi connectivity index (χ3v) is 6.51. The lowest BCUT2D eigenvalue weighted by Crippen LogP contribution is -2.22. The zero-order chi connectivity index (χ0) is 23.7. The van der Waals surface area contributed by atoms with Crippen LogP contribution in [0.15, 0.2) is 60.7 Å². The van der Waals surface area contributed by atoms with Crippen molar-refractivity contribution in [1.29, 1.82) is 0 Å². The van der Waals surface area contributed by atoms with Crippen molar-refractivity contribution >= 4 is 5.97 Å². The molecule has 176 valence electrons. The van der Waals surface area contributed by atoms with Gasteiger partial charge >= 0.3 is 5.97 Å². The SMILES string of the molecule is COc1cc(O)ccc1CCC(O[C@@H]1c2ccccc2C[C@@H]1C(=O)O)c1ccc2c(c1)OCO2. The maximum atomic E-state index is 12.1. The van der Waals surface area contributed by atoms with Crippen molar-refractivity contribution in [3.05, 3.63) is 82.9 Å². The fourth-order valence-corrected chi connectivity index (χ4v) is 4.77. The van der Waals surface area contributed by atoms with Crippen LogP contribution in [0, 0.1) is 5.92 Å². The Hall–Kier alpha value is -3.71. The van der Waals surface area contributed by atoms with Crippen LogP contribution in [0.25, 0.3) is 0 Å². The Labute approximate surface area is 197 Å². The van der Waals surface area contributed by atoms with Gasteiger partial charge in [-0.1, -0.05) is 36.4 Å². The van der Waals surface area contributed by atoms with E-state index in [0.29, 0.717) is 36.5 Å². The third-order valence-electron chi connectivity index (χ3n) is 6.51. The van der Waals surface area contributed by atoms with E-state index >= 15 is 0 Å². The highest BCUT2D eigenvalue weighted by atomic mass is 16.7. The summed E-state index contributed by atoms with van der Waals surface area (Å²) in [6.07, 6.45) is 0.660. The van der Waals surface area contributed by atoms with Crippen molar-refractivity contribution < 1.29 is 34.0 Å². The number of benzene rings is 3. The van der Waals surface area contributed by atoms with E-state index in [1.54, 1.807) is 19.2 Å². The number of carboxylic acid groups (broad SMARTS) is 1. The molecule has 3 aromatic rings. The molecule has 2 N–H and O–H groups in total. The van der Waals surface area contributed by atoms with E-state index in [4.69, 9.17) is 18.9 Å². The fourth-order valence-electron chi connectivity index (χ4n) is 4.77. The molecule has 0 saturated carbocycles. The van der Waals surface area contributed by atoms with Gasteiger partial charge in [-0.15, -0.1) is 0 Å². The first-order chi connectivity index (χ1) is 16.5. The summed E-state index contributed by atoms with van der Waals surface area (Å²) in [7, 11) is 1.57. The van der Waals surface area contributed by atoms with Crippen molar-refractivity contribution in [3.63, 3.8) is 0 Å². The maximum absolute atomic E-state index is 12.1. The molecule has 0 aromatic heterocycles. The molecule has 3 atom stereocenters.